The van der Waals surface area contributed by atoms with E-state index in [0.29, 0.717) is 0 Å². The Balaban J connectivity index is 1.81. The highest BCUT2D eigenvalue weighted by molar-refractivity contribution is 7.15. The minimum Gasteiger partial charge on any atom is -0.383 e. The number of methoxy groups -OCH3 is 1. The molecular formula is C14H22N4OS. The average Bonchev–Trinajstić information content (AvgIpc) is 3.10. The molecule has 3 rings (SSSR count). The van der Waals surface area contributed by atoms with E-state index in [1.165, 1.54) is 12.1 Å². The van der Waals surface area contributed by atoms with Gasteiger partial charge in [0.1, 0.15) is 0 Å². The van der Waals surface area contributed by atoms with Crippen LogP contribution in [-0.2, 0) is 11.3 Å². The Bertz CT molecular complexity index is 565. The number of imidazole rings is 1. The van der Waals surface area contributed by atoms with Crippen LogP contribution >= 0.6 is 11.3 Å². The van der Waals surface area contributed by atoms with E-state index in [1.54, 1.807) is 18.4 Å². The second-order valence-electron chi connectivity index (χ2n) is 5.45. The predicted octanol–water partition coefficient (Wildman–Crippen LogP) is 1.98. The van der Waals surface area contributed by atoms with Gasteiger partial charge in [0, 0.05) is 44.9 Å². The summed E-state index contributed by atoms with van der Waals surface area (Å²) >= 11 is 1.70. The van der Waals surface area contributed by atoms with Crippen molar-refractivity contribution in [3.63, 3.8) is 0 Å². The number of fused-ring (bicyclic) bond motifs is 1. The molecule has 5 nitrogen and oxygen atoms in total. The first kappa shape index (κ1) is 13.9. The number of hydrogen-bond acceptors (Lipinski definition) is 5. The number of hydrogen-bond donors (Lipinski definition) is 1. The molecule has 2 aromatic rings. The third-order valence-electron chi connectivity index (χ3n) is 3.84. The van der Waals surface area contributed by atoms with Crippen LogP contribution < -0.4 is 10.2 Å². The van der Waals surface area contributed by atoms with Gasteiger partial charge in [-0.25, -0.2) is 4.98 Å². The fraction of sp³-hybridized carbons (Fsp3) is 0.643. The standard InChI is InChI=1S/C14H22N4OS/c1-11-3-5-17(10-11)13-12(9-15-4-7-19-2)18-6-8-20-14(18)16-13/h6,8,11,15H,3-5,7,9-10H2,1-2H3. The summed E-state index contributed by atoms with van der Waals surface area (Å²) in [6, 6.07) is 0. The van der Waals surface area contributed by atoms with Gasteiger partial charge >= 0.3 is 0 Å². The number of aromatic nitrogens is 2. The zero-order chi connectivity index (χ0) is 13.9. The van der Waals surface area contributed by atoms with Crippen molar-refractivity contribution in [3.05, 3.63) is 17.3 Å². The van der Waals surface area contributed by atoms with Crippen molar-refractivity contribution in [1.29, 1.82) is 0 Å². The fourth-order valence-corrected chi connectivity index (χ4v) is 3.48. The number of rotatable bonds is 6. The van der Waals surface area contributed by atoms with Gasteiger partial charge in [-0.1, -0.05) is 6.92 Å². The lowest BCUT2D eigenvalue weighted by molar-refractivity contribution is 0.199. The largest absolute Gasteiger partial charge is 0.383 e. The molecule has 2 aromatic heterocycles. The van der Waals surface area contributed by atoms with Crippen LogP contribution in [0.5, 0.6) is 0 Å². The van der Waals surface area contributed by atoms with E-state index in [2.05, 4.69) is 33.1 Å². The zero-order valence-corrected chi connectivity index (χ0v) is 12.9. The number of ether oxygens (including phenoxy) is 1. The fourth-order valence-electron chi connectivity index (χ4n) is 2.75. The molecule has 1 atom stereocenters. The smallest absolute Gasteiger partial charge is 0.195 e. The number of thiazole rings is 1. The molecule has 1 aliphatic rings. The topological polar surface area (TPSA) is 41.8 Å². The Kier molecular flexibility index (Phi) is 4.24. The van der Waals surface area contributed by atoms with Crippen molar-refractivity contribution in [3.8, 4) is 0 Å². The number of nitrogens with one attached hydrogen (secondary N) is 1. The molecule has 0 bridgehead atoms. The van der Waals surface area contributed by atoms with Gasteiger partial charge in [-0.15, -0.1) is 11.3 Å². The molecule has 20 heavy (non-hydrogen) atoms. The van der Waals surface area contributed by atoms with Crippen LogP contribution in [0.2, 0.25) is 0 Å². The van der Waals surface area contributed by atoms with Gasteiger partial charge in [0.05, 0.1) is 12.3 Å². The van der Waals surface area contributed by atoms with Crippen LogP contribution in [0.15, 0.2) is 11.6 Å². The monoisotopic (exact) mass is 294 g/mol. The van der Waals surface area contributed by atoms with Crippen LogP contribution in [-0.4, -0.2) is 42.7 Å². The molecule has 1 saturated heterocycles. The summed E-state index contributed by atoms with van der Waals surface area (Å²) in [5.74, 6) is 1.93. The summed E-state index contributed by atoms with van der Waals surface area (Å²) in [5.41, 5.74) is 1.27. The molecule has 0 amide bonds. The van der Waals surface area contributed by atoms with Crippen molar-refractivity contribution < 1.29 is 4.74 Å². The van der Waals surface area contributed by atoms with Gasteiger partial charge in [-0.3, -0.25) is 4.40 Å². The maximum absolute atomic E-state index is 5.08. The van der Waals surface area contributed by atoms with Gasteiger partial charge < -0.3 is 15.0 Å². The molecule has 6 heteroatoms. The highest BCUT2D eigenvalue weighted by Crippen LogP contribution is 2.28. The van der Waals surface area contributed by atoms with E-state index in [-0.39, 0.29) is 0 Å². The minimum atomic E-state index is 0.738. The van der Waals surface area contributed by atoms with E-state index in [1.807, 2.05) is 0 Å². The molecule has 0 radical (unpaired) electrons. The first-order valence-corrected chi connectivity index (χ1v) is 8.06. The lowest BCUT2D eigenvalue weighted by Crippen LogP contribution is -2.24. The summed E-state index contributed by atoms with van der Waals surface area (Å²) in [7, 11) is 1.73. The Morgan fingerprint density at radius 1 is 1.55 bits per heavy atom. The summed E-state index contributed by atoms with van der Waals surface area (Å²) in [4.78, 5) is 8.34. The van der Waals surface area contributed by atoms with Gasteiger partial charge in [-0.05, 0) is 12.3 Å². The van der Waals surface area contributed by atoms with Gasteiger partial charge in [0.15, 0.2) is 10.8 Å². The Labute approximate surface area is 123 Å². The SMILES string of the molecule is COCCNCc1c(N2CCC(C)C2)nc2sccn12. The first-order chi connectivity index (χ1) is 9.79. The molecule has 110 valence electrons. The van der Waals surface area contributed by atoms with Gasteiger partial charge in [0.25, 0.3) is 0 Å². The molecular weight excluding hydrogens is 272 g/mol. The summed E-state index contributed by atoms with van der Waals surface area (Å²) in [6.07, 6.45) is 3.38. The predicted molar refractivity (Wildman–Crippen MR) is 82.6 cm³/mol. The first-order valence-electron chi connectivity index (χ1n) is 7.18. The molecule has 0 spiro atoms. The third-order valence-corrected chi connectivity index (χ3v) is 4.60. The Morgan fingerprint density at radius 3 is 3.20 bits per heavy atom. The van der Waals surface area contributed by atoms with Crippen LogP contribution in [0.25, 0.3) is 4.96 Å². The summed E-state index contributed by atoms with van der Waals surface area (Å²) in [6.45, 7) is 6.99. The van der Waals surface area contributed by atoms with E-state index in [9.17, 15) is 0 Å². The molecule has 1 unspecified atom stereocenters. The highest BCUT2D eigenvalue weighted by Gasteiger charge is 2.24. The molecule has 0 aromatic carbocycles. The highest BCUT2D eigenvalue weighted by atomic mass is 32.1. The van der Waals surface area contributed by atoms with Crippen molar-refractivity contribution in [1.82, 2.24) is 14.7 Å². The van der Waals surface area contributed by atoms with Crippen molar-refractivity contribution in [2.24, 2.45) is 5.92 Å². The summed E-state index contributed by atoms with van der Waals surface area (Å²) < 4.78 is 7.30. The molecule has 3 heterocycles. The lowest BCUT2D eigenvalue weighted by Gasteiger charge is -2.17. The maximum Gasteiger partial charge on any atom is 0.195 e. The Hall–Kier alpha value is -1.11. The molecule has 1 fully saturated rings. The second kappa shape index (κ2) is 6.11. The van der Waals surface area contributed by atoms with Crippen LogP contribution in [0, 0.1) is 5.92 Å². The summed E-state index contributed by atoms with van der Waals surface area (Å²) in [5, 5.41) is 5.53. The second-order valence-corrected chi connectivity index (χ2v) is 6.32. The molecule has 0 saturated carbocycles. The normalized spacial score (nSPS) is 19.3. The van der Waals surface area contributed by atoms with Crippen molar-refractivity contribution in [2.45, 2.75) is 19.9 Å². The Morgan fingerprint density at radius 2 is 2.45 bits per heavy atom. The zero-order valence-electron chi connectivity index (χ0n) is 12.1. The van der Waals surface area contributed by atoms with Crippen molar-refractivity contribution in [2.75, 3.05) is 38.3 Å². The van der Waals surface area contributed by atoms with E-state index in [0.717, 1.165) is 49.5 Å². The van der Waals surface area contributed by atoms with Crippen LogP contribution in [0.4, 0.5) is 5.82 Å². The average molecular weight is 294 g/mol. The molecule has 1 aliphatic heterocycles. The lowest BCUT2D eigenvalue weighted by atomic mass is 10.2. The van der Waals surface area contributed by atoms with Gasteiger partial charge in [0.2, 0.25) is 0 Å². The van der Waals surface area contributed by atoms with E-state index < -0.39 is 0 Å². The molecule has 1 N–H and O–H groups in total. The van der Waals surface area contributed by atoms with E-state index in [4.69, 9.17) is 9.72 Å². The minimum absolute atomic E-state index is 0.738. The van der Waals surface area contributed by atoms with Crippen molar-refractivity contribution >= 4 is 22.1 Å². The van der Waals surface area contributed by atoms with Gasteiger partial charge in [-0.2, -0.15) is 0 Å². The molecule has 0 aliphatic carbocycles. The van der Waals surface area contributed by atoms with Crippen LogP contribution in [0.1, 0.15) is 19.0 Å². The number of anilines is 1. The number of nitrogens with zero attached hydrogens (tertiary/aromatic N) is 3. The maximum atomic E-state index is 5.08. The third kappa shape index (κ3) is 2.68. The van der Waals surface area contributed by atoms with E-state index >= 15 is 0 Å². The van der Waals surface area contributed by atoms with Crippen LogP contribution in [0.3, 0.4) is 0 Å². The quantitative estimate of drug-likeness (QED) is 0.827.